The maximum atomic E-state index is 12.0. The van der Waals surface area contributed by atoms with Gasteiger partial charge in [0, 0.05) is 39.3 Å². The first-order chi connectivity index (χ1) is 11.6. The molecule has 0 N–H and O–H groups in total. The van der Waals surface area contributed by atoms with Crippen LogP contribution in [0.25, 0.3) is 11.0 Å². The van der Waals surface area contributed by atoms with E-state index in [0.717, 1.165) is 46.9 Å². The second kappa shape index (κ2) is 6.47. The Kier molecular flexibility index (Phi) is 4.33. The summed E-state index contributed by atoms with van der Waals surface area (Å²) in [5, 5.41) is 3.17. The van der Waals surface area contributed by atoms with Crippen LogP contribution in [0, 0.1) is 0 Å². The second-order valence-corrected chi connectivity index (χ2v) is 8.38. The number of fused-ring (bicyclic) bond motifs is 2. The van der Waals surface area contributed by atoms with Gasteiger partial charge in [0.25, 0.3) is 0 Å². The Hall–Kier alpha value is -1.43. The number of benzene rings is 1. The third-order valence-corrected chi connectivity index (χ3v) is 6.21. The summed E-state index contributed by atoms with van der Waals surface area (Å²) in [6.07, 6.45) is 3.41. The van der Waals surface area contributed by atoms with Crippen LogP contribution in [0.1, 0.15) is 28.0 Å². The van der Waals surface area contributed by atoms with Gasteiger partial charge < -0.3 is 4.42 Å². The monoisotopic (exact) mass is 403 g/mol. The van der Waals surface area contributed by atoms with Crippen molar-refractivity contribution in [1.29, 1.82) is 0 Å². The average Bonchev–Trinajstić information content (AvgIpc) is 3.13. The molecule has 0 saturated heterocycles. The van der Waals surface area contributed by atoms with E-state index < -0.39 is 0 Å². The van der Waals surface area contributed by atoms with Gasteiger partial charge in [-0.25, -0.2) is 4.79 Å². The smallest absolute Gasteiger partial charge is 0.336 e. The van der Waals surface area contributed by atoms with Gasteiger partial charge in [0.15, 0.2) is 0 Å². The molecule has 0 saturated carbocycles. The van der Waals surface area contributed by atoms with Crippen molar-refractivity contribution < 1.29 is 4.42 Å². The van der Waals surface area contributed by atoms with Crippen LogP contribution in [-0.4, -0.2) is 11.9 Å². The van der Waals surface area contributed by atoms with Gasteiger partial charge in [-0.1, -0.05) is 0 Å². The van der Waals surface area contributed by atoms with Crippen molar-refractivity contribution in [2.24, 2.45) is 0 Å². The van der Waals surface area contributed by atoms with E-state index in [0.29, 0.717) is 0 Å². The summed E-state index contributed by atoms with van der Waals surface area (Å²) in [6, 6.07) is 8.08. The highest BCUT2D eigenvalue weighted by atomic mass is 79.9. The molecule has 24 heavy (non-hydrogen) atoms. The summed E-state index contributed by atoms with van der Waals surface area (Å²) in [5.74, 6) is 0. The van der Waals surface area contributed by atoms with Gasteiger partial charge in [0.05, 0.1) is 0 Å². The van der Waals surface area contributed by atoms with E-state index in [1.807, 2.05) is 0 Å². The fraction of sp³-hybridized carbons (Fsp3) is 0.316. The summed E-state index contributed by atoms with van der Waals surface area (Å²) < 4.78 is 6.58. The van der Waals surface area contributed by atoms with Gasteiger partial charge in [0.1, 0.15) is 5.58 Å². The largest absolute Gasteiger partial charge is 0.423 e. The maximum Gasteiger partial charge on any atom is 0.336 e. The molecule has 0 radical (unpaired) electrons. The third kappa shape index (κ3) is 3.21. The van der Waals surface area contributed by atoms with Crippen LogP contribution in [-0.2, 0) is 25.9 Å². The van der Waals surface area contributed by atoms with Crippen LogP contribution < -0.4 is 5.63 Å². The van der Waals surface area contributed by atoms with Crippen molar-refractivity contribution in [2.45, 2.75) is 32.4 Å². The Morgan fingerprint density at radius 2 is 1.96 bits per heavy atom. The number of hydrogen-bond acceptors (Lipinski definition) is 4. The summed E-state index contributed by atoms with van der Waals surface area (Å²) in [5.41, 5.74) is 4.25. The van der Waals surface area contributed by atoms with E-state index in [2.05, 4.69) is 51.5 Å². The number of thiophene rings is 1. The molecular formula is C19H18BrNO2S. The molecule has 1 aliphatic carbocycles. The highest BCUT2D eigenvalue weighted by molar-refractivity contribution is 9.10. The van der Waals surface area contributed by atoms with E-state index in [9.17, 15) is 4.79 Å². The number of rotatable bonds is 4. The minimum atomic E-state index is -0.261. The van der Waals surface area contributed by atoms with Gasteiger partial charge in [-0.3, -0.25) is 4.90 Å². The van der Waals surface area contributed by atoms with Crippen molar-refractivity contribution in [3.05, 3.63) is 66.1 Å². The van der Waals surface area contributed by atoms with E-state index >= 15 is 0 Å². The minimum absolute atomic E-state index is 0.261. The second-order valence-electron chi connectivity index (χ2n) is 6.46. The molecule has 0 fully saturated rings. The highest BCUT2D eigenvalue weighted by Gasteiger charge is 2.16. The van der Waals surface area contributed by atoms with Crippen molar-refractivity contribution in [1.82, 2.24) is 4.90 Å². The van der Waals surface area contributed by atoms with Crippen molar-refractivity contribution in [2.75, 3.05) is 7.05 Å². The van der Waals surface area contributed by atoms with E-state index in [4.69, 9.17) is 4.42 Å². The molecule has 0 aliphatic heterocycles. The van der Waals surface area contributed by atoms with Gasteiger partial charge >= 0.3 is 5.63 Å². The van der Waals surface area contributed by atoms with Crippen LogP contribution >= 0.6 is 27.3 Å². The summed E-state index contributed by atoms with van der Waals surface area (Å²) in [7, 11) is 2.08. The van der Waals surface area contributed by atoms with Gasteiger partial charge in [-0.2, -0.15) is 0 Å². The zero-order chi connectivity index (χ0) is 16.7. The molecule has 2 heterocycles. The summed E-state index contributed by atoms with van der Waals surface area (Å²) in [4.78, 5) is 15.5. The molecule has 2 aromatic heterocycles. The lowest BCUT2D eigenvalue weighted by Gasteiger charge is -2.17. The van der Waals surface area contributed by atoms with E-state index in [-0.39, 0.29) is 5.63 Å². The Balaban J connectivity index is 1.66. The van der Waals surface area contributed by atoms with Gasteiger partial charge in [-0.15, -0.1) is 11.3 Å². The molecular weight excluding hydrogens is 386 g/mol. The maximum absolute atomic E-state index is 12.0. The molecule has 0 bridgehead atoms. The summed E-state index contributed by atoms with van der Waals surface area (Å²) in [6.45, 7) is 1.60. The molecule has 3 nitrogen and oxygen atoms in total. The molecule has 0 atom stereocenters. The molecule has 124 valence electrons. The molecule has 4 rings (SSSR count). The lowest BCUT2D eigenvalue weighted by molar-refractivity contribution is 0.322. The third-order valence-electron chi connectivity index (χ3n) is 4.53. The van der Waals surface area contributed by atoms with E-state index in [1.165, 1.54) is 22.4 Å². The van der Waals surface area contributed by atoms with Gasteiger partial charge in [0.2, 0.25) is 0 Å². The SMILES string of the molecule is CN(Cc1cc(Br)cs1)Cc1cc(=O)oc2cc3c(cc12)CCC3. The first kappa shape index (κ1) is 16.1. The predicted molar refractivity (Wildman–Crippen MR) is 102 cm³/mol. The van der Waals surface area contributed by atoms with Crippen molar-refractivity contribution >= 4 is 38.2 Å². The van der Waals surface area contributed by atoms with Crippen LogP contribution in [0.4, 0.5) is 0 Å². The molecule has 1 aromatic carbocycles. The number of nitrogens with zero attached hydrogens (tertiary/aromatic N) is 1. The normalized spacial score (nSPS) is 13.8. The number of hydrogen-bond donors (Lipinski definition) is 0. The Bertz CT molecular complexity index is 960. The Labute approximate surface area is 153 Å². The van der Waals surface area contributed by atoms with Crippen molar-refractivity contribution in [3.63, 3.8) is 0 Å². The Morgan fingerprint density at radius 1 is 1.17 bits per heavy atom. The molecule has 0 spiro atoms. The van der Waals surface area contributed by atoms with Crippen LogP contribution in [0.3, 0.4) is 0 Å². The lowest BCUT2D eigenvalue weighted by Crippen LogP contribution is -2.18. The standard InChI is InChI=1S/C19H18BrNO2S/c1-21(10-16-8-15(20)11-24-16)9-14-7-19(22)23-18-6-13-4-2-3-12(13)5-17(14)18/h5-8,11H,2-4,9-10H2,1H3. The molecule has 1 aliphatic rings. The molecule has 3 aromatic rings. The highest BCUT2D eigenvalue weighted by Crippen LogP contribution is 2.29. The predicted octanol–water partition coefficient (Wildman–Crippen LogP) is 4.74. The van der Waals surface area contributed by atoms with Crippen molar-refractivity contribution in [3.8, 4) is 0 Å². The topological polar surface area (TPSA) is 33.5 Å². The molecule has 0 amide bonds. The average molecular weight is 404 g/mol. The number of halogens is 1. The summed E-state index contributed by atoms with van der Waals surface area (Å²) >= 11 is 5.24. The van der Waals surface area contributed by atoms with Crippen LogP contribution in [0.15, 0.2) is 43.3 Å². The first-order valence-electron chi connectivity index (χ1n) is 8.08. The van der Waals surface area contributed by atoms with E-state index in [1.54, 1.807) is 17.4 Å². The quantitative estimate of drug-likeness (QED) is 0.589. The fourth-order valence-corrected chi connectivity index (χ4v) is 5.01. The number of aryl methyl sites for hydroxylation is 2. The van der Waals surface area contributed by atoms with Gasteiger partial charge in [-0.05, 0) is 77.1 Å². The zero-order valence-corrected chi connectivity index (χ0v) is 15.9. The zero-order valence-electron chi connectivity index (χ0n) is 13.5. The first-order valence-corrected chi connectivity index (χ1v) is 9.76. The molecule has 5 heteroatoms. The Morgan fingerprint density at radius 3 is 2.71 bits per heavy atom. The minimum Gasteiger partial charge on any atom is -0.423 e. The lowest BCUT2D eigenvalue weighted by atomic mass is 10.0. The van der Waals surface area contributed by atoms with Crippen LogP contribution in [0.2, 0.25) is 0 Å². The molecule has 0 unspecified atom stereocenters. The van der Waals surface area contributed by atoms with Crippen LogP contribution in [0.5, 0.6) is 0 Å². The fourth-order valence-electron chi connectivity index (χ4n) is 3.47.